The molecule has 2 heterocycles. The van der Waals surface area contributed by atoms with E-state index < -0.39 is 5.82 Å². The van der Waals surface area contributed by atoms with Gasteiger partial charge in [0.2, 0.25) is 11.1 Å². The molecule has 0 amide bonds. The quantitative estimate of drug-likeness (QED) is 0.549. The summed E-state index contributed by atoms with van der Waals surface area (Å²) >= 11 is 5.52. The highest BCUT2D eigenvalue weighted by molar-refractivity contribution is 6.28. The molecule has 0 fully saturated rings. The molecule has 0 atom stereocenters. The second-order valence-corrected chi connectivity index (χ2v) is 2.88. The molecule has 2 aromatic heterocycles. The first-order valence-electron chi connectivity index (χ1n) is 3.82. The molecule has 0 aliphatic heterocycles. The van der Waals surface area contributed by atoms with E-state index in [4.69, 9.17) is 18.2 Å². The van der Waals surface area contributed by atoms with Gasteiger partial charge in [-0.1, -0.05) is 6.57 Å². The van der Waals surface area contributed by atoms with E-state index in [0.717, 1.165) is 10.9 Å². The van der Waals surface area contributed by atoms with Gasteiger partial charge in [-0.25, -0.2) is 9.37 Å². The van der Waals surface area contributed by atoms with Crippen molar-refractivity contribution in [1.29, 1.82) is 0 Å². The second-order valence-electron chi connectivity index (χ2n) is 2.54. The predicted molar refractivity (Wildman–Crippen MR) is 50.4 cm³/mol. The van der Waals surface area contributed by atoms with E-state index in [1.807, 2.05) is 0 Å². The molecule has 0 aliphatic rings. The minimum Gasteiger partial charge on any atom is -0.359 e. The maximum absolute atomic E-state index is 13.2. The summed E-state index contributed by atoms with van der Waals surface area (Å²) in [5, 5.41) is 3.70. The maximum atomic E-state index is 13.2. The Labute approximate surface area is 89.0 Å². The van der Waals surface area contributed by atoms with E-state index in [0.29, 0.717) is 0 Å². The van der Waals surface area contributed by atoms with Gasteiger partial charge in [0.05, 0.1) is 6.20 Å². The maximum Gasteiger partial charge on any atom is 0.295 e. The first kappa shape index (κ1) is 9.55. The van der Waals surface area contributed by atoms with Crippen molar-refractivity contribution in [2.75, 3.05) is 0 Å². The SMILES string of the molecule is [C-]#[N+]c1ccn(-c2nc(Cl)ncc2F)n1. The summed E-state index contributed by atoms with van der Waals surface area (Å²) in [6, 6.07) is 1.45. The van der Waals surface area contributed by atoms with Crippen LogP contribution in [0.5, 0.6) is 0 Å². The smallest absolute Gasteiger partial charge is 0.295 e. The lowest BCUT2D eigenvalue weighted by Gasteiger charge is -1.97. The average Bonchev–Trinajstić information content (AvgIpc) is 2.70. The van der Waals surface area contributed by atoms with Crippen molar-refractivity contribution in [1.82, 2.24) is 19.7 Å². The van der Waals surface area contributed by atoms with Gasteiger partial charge in [-0.05, 0) is 22.8 Å². The van der Waals surface area contributed by atoms with Crippen molar-refractivity contribution in [2.24, 2.45) is 0 Å². The van der Waals surface area contributed by atoms with Crippen molar-refractivity contribution < 1.29 is 4.39 Å². The highest BCUT2D eigenvalue weighted by Crippen LogP contribution is 2.14. The molecule has 0 spiro atoms. The topological polar surface area (TPSA) is 48.0 Å². The summed E-state index contributed by atoms with van der Waals surface area (Å²) in [5.74, 6) is -0.576. The molecule has 0 aromatic carbocycles. The van der Waals surface area contributed by atoms with Crippen LogP contribution in [0, 0.1) is 12.4 Å². The lowest BCUT2D eigenvalue weighted by molar-refractivity contribution is 0.593. The molecule has 5 nitrogen and oxygen atoms in total. The first-order valence-corrected chi connectivity index (χ1v) is 4.20. The molecule has 0 saturated carbocycles. The molecule has 7 heteroatoms. The van der Waals surface area contributed by atoms with Gasteiger partial charge in [-0.15, -0.1) is 4.68 Å². The van der Waals surface area contributed by atoms with E-state index in [2.05, 4.69) is 19.9 Å². The Balaban J connectivity index is 2.54. The van der Waals surface area contributed by atoms with Crippen molar-refractivity contribution >= 4 is 17.4 Å². The number of halogens is 2. The fourth-order valence-corrected chi connectivity index (χ4v) is 1.12. The van der Waals surface area contributed by atoms with E-state index in [9.17, 15) is 4.39 Å². The zero-order chi connectivity index (χ0) is 10.8. The lowest BCUT2D eigenvalue weighted by atomic mass is 10.5. The summed E-state index contributed by atoms with van der Waals surface area (Å²) in [7, 11) is 0. The molecular weight excluding hydrogens is 221 g/mol. The molecule has 0 unspecified atom stereocenters. The zero-order valence-corrected chi connectivity index (χ0v) is 7.98. The van der Waals surface area contributed by atoms with Gasteiger partial charge < -0.3 is 4.85 Å². The third-order valence-corrected chi connectivity index (χ3v) is 1.78. The van der Waals surface area contributed by atoms with Gasteiger partial charge in [0.1, 0.15) is 0 Å². The third kappa shape index (κ3) is 1.78. The monoisotopic (exact) mass is 223 g/mol. The molecule has 0 radical (unpaired) electrons. The Kier molecular flexibility index (Phi) is 2.31. The van der Waals surface area contributed by atoms with Crippen LogP contribution in [-0.4, -0.2) is 19.7 Å². The van der Waals surface area contributed by atoms with Gasteiger partial charge >= 0.3 is 0 Å². The Hall–Kier alpha value is -2.00. The molecule has 74 valence electrons. The first-order chi connectivity index (χ1) is 7.20. The fraction of sp³-hybridized carbons (Fsp3) is 0. The van der Waals surface area contributed by atoms with Crippen LogP contribution in [-0.2, 0) is 0 Å². The van der Waals surface area contributed by atoms with Gasteiger partial charge in [-0.3, -0.25) is 0 Å². The highest BCUT2D eigenvalue weighted by atomic mass is 35.5. The molecule has 2 rings (SSSR count). The number of hydrogen-bond acceptors (Lipinski definition) is 3. The Morgan fingerprint density at radius 1 is 1.53 bits per heavy atom. The normalized spacial score (nSPS) is 9.93. The fourth-order valence-electron chi connectivity index (χ4n) is 0.990. The zero-order valence-electron chi connectivity index (χ0n) is 7.22. The predicted octanol–water partition coefficient (Wildman–Crippen LogP) is 2.01. The Morgan fingerprint density at radius 2 is 2.33 bits per heavy atom. The van der Waals surface area contributed by atoms with E-state index in [1.54, 1.807) is 0 Å². The largest absolute Gasteiger partial charge is 0.359 e. The molecule has 0 saturated heterocycles. The number of rotatable bonds is 1. The van der Waals surface area contributed by atoms with Crippen LogP contribution < -0.4 is 0 Å². The second kappa shape index (κ2) is 3.63. The van der Waals surface area contributed by atoms with Gasteiger partial charge in [0.15, 0.2) is 5.82 Å². The van der Waals surface area contributed by atoms with Crippen LogP contribution in [0.25, 0.3) is 10.7 Å². The van der Waals surface area contributed by atoms with Crippen LogP contribution in [0.4, 0.5) is 10.2 Å². The van der Waals surface area contributed by atoms with Crippen LogP contribution in [0.1, 0.15) is 0 Å². The Morgan fingerprint density at radius 3 is 3.00 bits per heavy atom. The van der Waals surface area contributed by atoms with E-state index in [1.165, 1.54) is 12.3 Å². The van der Waals surface area contributed by atoms with Crippen LogP contribution in [0.2, 0.25) is 5.28 Å². The molecule has 0 bridgehead atoms. The molecule has 15 heavy (non-hydrogen) atoms. The summed E-state index contributed by atoms with van der Waals surface area (Å²) in [6.07, 6.45) is 2.37. The highest BCUT2D eigenvalue weighted by Gasteiger charge is 2.11. The van der Waals surface area contributed by atoms with Crippen LogP contribution in [0.3, 0.4) is 0 Å². The van der Waals surface area contributed by atoms with Crippen molar-refractivity contribution in [2.45, 2.75) is 0 Å². The van der Waals surface area contributed by atoms with E-state index in [-0.39, 0.29) is 16.9 Å². The minimum atomic E-state index is -0.654. The number of aromatic nitrogens is 4. The number of hydrogen-bond donors (Lipinski definition) is 0. The number of nitrogens with zero attached hydrogens (tertiary/aromatic N) is 5. The molecule has 0 N–H and O–H groups in total. The molecule has 2 aromatic rings. The average molecular weight is 224 g/mol. The minimum absolute atomic E-state index is 0.0775. The van der Waals surface area contributed by atoms with Gasteiger partial charge in [-0.2, -0.15) is 4.98 Å². The Bertz CT molecular complexity index is 544. The van der Waals surface area contributed by atoms with Crippen molar-refractivity contribution in [3.63, 3.8) is 0 Å². The summed E-state index contributed by atoms with van der Waals surface area (Å²) in [4.78, 5) is 10.2. The van der Waals surface area contributed by atoms with Crippen molar-refractivity contribution in [3.8, 4) is 5.82 Å². The van der Waals surface area contributed by atoms with Crippen molar-refractivity contribution in [3.05, 3.63) is 41.0 Å². The van der Waals surface area contributed by atoms with Crippen LogP contribution >= 0.6 is 11.6 Å². The third-order valence-electron chi connectivity index (χ3n) is 1.60. The summed E-state index contributed by atoms with van der Waals surface area (Å²) < 4.78 is 14.4. The van der Waals surface area contributed by atoms with E-state index >= 15 is 0 Å². The molecular formula is C8H3ClFN5. The van der Waals surface area contributed by atoms with Gasteiger partial charge in [0.25, 0.3) is 5.82 Å². The summed E-state index contributed by atoms with van der Waals surface area (Å²) in [6.45, 7) is 6.71. The lowest BCUT2D eigenvalue weighted by Crippen LogP contribution is -2.02. The standard InChI is InChI=1S/C8H3ClFN5/c1-11-6-2-3-15(14-6)7-5(10)4-12-8(9)13-7/h2-4H. The van der Waals surface area contributed by atoms with Crippen LogP contribution in [0.15, 0.2) is 18.5 Å². The summed E-state index contributed by atoms with van der Waals surface area (Å²) in [5.41, 5.74) is 0. The molecule has 0 aliphatic carbocycles. The van der Waals surface area contributed by atoms with Gasteiger partial charge in [0, 0.05) is 6.20 Å².